The summed E-state index contributed by atoms with van der Waals surface area (Å²) in [5.74, 6) is -0.145. The Balaban J connectivity index is 0.00000364. The van der Waals surface area contributed by atoms with Crippen molar-refractivity contribution in [2.45, 2.75) is 30.9 Å². The first kappa shape index (κ1) is 23.8. The molecule has 0 aliphatic carbocycles. The summed E-state index contributed by atoms with van der Waals surface area (Å²) in [5.41, 5.74) is -5.10. The average Bonchev–Trinajstić information content (AvgIpc) is 2.59. The van der Waals surface area contributed by atoms with Gasteiger partial charge in [-0.05, 0) is 25.0 Å². The van der Waals surface area contributed by atoms with Gasteiger partial charge >= 0.3 is 15.5 Å². The fourth-order valence-corrected chi connectivity index (χ4v) is 3.48. The minimum Gasteiger partial charge on any atom is -0.354 e. The lowest BCUT2D eigenvalue weighted by Gasteiger charge is -2.32. The van der Waals surface area contributed by atoms with Gasteiger partial charge in [-0.15, -0.1) is 24.0 Å². The molecule has 2 heterocycles. The Morgan fingerprint density at radius 1 is 1.37 bits per heavy atom. The summed E-state index contributed by atoms with van der Waals surface area (Å²) in [6.45, 7) is -0.412. The predicted molar refractivity (Wildman–Crippen MR) is 103 cm³/mol. The zero-order chi connectivity index (χ0) is 19.4. The second-order valence-corrected chi connectivity index (χ2v) is 7.56. The number of rotatable bonds is 4. The third-order valence-electron chi connectivity index (χ3n) is 3.91. The van der Waals surface area contributed by atoms with E-state index in [4.69, 9.17) is 0 Å². The normalized spacial score (nSPS) is 17.3. The Labute approximate surface area is 171 Å². The van der Waals surface area contributed by atoms with Crippen LogP contribution in [0.15, 0.2) is 23.3 Å². The largest absolute Gasteiger partial charge is 0.511 e. The van der Waals surface area contributed by atoms with Crippen molar-refractivity contribution in [3.63, 3.8) is 0 Å². The molecular formula is C14H20F4IN5O2S. The van der Waals surface area contributed by atoms with E-state index in [9.17, 15) is 26.0 Å². The number of hydrogen-bond acceptors (Lipinski definition) is 4. The van der Waals surface area contributed by atoms with Crippen LogP contribution in [0.25, 0.3) is 0 Å². The molecule has 13 heteroatoms. The van der Waals surface area contributed by atoms with E-state index in [2.05, 4.69) is 20.6 Å². The molecule has 7 nitrogen and oxygen atoms in total. The van der Waals surface area contributed by atoms with Crippen molar-refractivity contribution in [2.75, 3.05) is 20.1 Å². The van der Waals surface area contributed by atoms with Gasteiger partial charge in [0.1, 0.15) is 5.82 Å². The van der Waals surface area contributed by atoms with Crippen LogP contribution in [0.3, 0.4) is 0 Å². The number of nitrogens with zero attached hydrogens (tertiary/aromatic N) is 3. The Morgan fingerprint density at radius 3 is 2.52 bits per heavy atom. The average molecular weight is 525 g/mol. The number of sulfonamides is 1. The van der Waals surface area contributed by atoms with Crippen LogP contribution in [-0.4, -0.2) is 55.4 Å². The highest BCUT2D eigenvalue weighted by Gasteiger charge is 2.50. The minimum absolute atomic E-state index is 0. The maximum atomic E-state index is 13.5. The maximum Gasteiger partial charge on any atom is 0.511 e. The Hall–Kier alpha value is -1.22. The number of alkyl halides is 3. The molecule has 1 aliphatic heterocycles. The smallest absolute Gasteiger partial charge is 0.354 e. The molecular weight excluding hydrogens is 505 g/mol. The molecule has 1 aromatic heterocycles. The van der Waals surface area contributed by atoms with E-state index in [0.29, 0.717) is 10.3 Å². The molecule has 27 heavy (non-hydrogen) atoms. The quantitative estimate of drug-likeness (QED) is 0.271. The van der Waals surface area contributed by atoms with Crippen molar-refractivity contribution >= 4 is 40.0 Å². The lowest BCUT2D eigenvalue weighted by molar-refractivity contribution is -0.0494. The molecule has 1 saturated heterocycles. The van der Waals surface area contributed by atoms with E-state index in [-0.39, 0.29) is 68.2 Å². The number of hydrogen-bond donors (Lipinski definition) is 2. The first-order chi connectivity index (χ1) is 12.1. The summed E-state index contributed by atoms with van der Waals surface area (Å²) in [4.78, 5) is 7.86. The van der Waals surface area contributed by atoms with Crippen LogP contribution in [0.5, 0.6) is 0 Å². The predicted octanol–water partition coefficient (Wildman–Crippen LogP) is 1.82. The van der Waals surface area contributed by atoms with Crippen LogP contribution in [-0.2, 0) is 16.6 Å². The number of pyridine rings is 1. The Kier molecular flexibility index (Phi) is 8.66. The van der Waals surface area contributed by atoms with Crippen LogP contribution in [0, 0.1) is 5.82 Å². The molecule has 0 bridgehead atoms. The number of halogens is 5. The molecule has 0 spiro atoms. The first-order valence-electron chi connectivity index (χ1n) is 7.78. The third-order valence-corrected chi connectivity index (χ3v) is 5.54. The lowest BCUT2D eigenvalue weighted by atomic mass is 10.1. The lowest BCUT2D eigenvalue weighted by Crippen LogP contribution is -2.51. The Bertz CT molecular complexity index is 752. The summed E-state index contributed by atoms with van der Waals surface area (Å²) in [6, 6.07) is 2.49. The summed E-state index contributed by atoms with van der Waals surface area (Å²) >= 11 is 0. The van der Waals surface area contributed by atoms with Gasteiger partial charge in [-0.3, -0.25) is 9.98 Å². The zero-order valence-corrected chi connectivity index (χ0v) is 17.5. The molecule has 2 rings (SSSR count). The van der Waals surface area contributed by atoms with Gasteiger partial charge in [-0.2, -0.15) is 17.5 Å². The highest BCUT2D eigenvalue weighted by atomic mass is 127. The standard InChI is InChI=1S/C14H19F4N5O2S.HI/c1-19-13(21-9-12-11(15)3-2-6-20-12)22-10-4-7-23(8-5-10)26(24,25)14(16,17)18;/h2-3,6,10H,4-5,7-9H2,1H3,(H2,19,21,22);1H. The zero-order valence-electron chi connectivity index (χ0n) is 14.3. The number of aromatic nitrogens is 1. The van der Waals surface area contributed by atoms with Gasteiger partial charge in [0, 0.05) is 32.4 Å². The number of piperidine rings is 1. The van der Waals surface area contributed by atoms with Crippen molar-refractivity contribution in [3.05, 3.63) is 29.8 Å². The molecule has 0 atom stereocenters. The molecule has 0 aromatic carbocycles. The van der Waals surface area contributed by atoms with Crippen molar-refractivity contribution in [2.24, 2.45) is 4.99 Å². The van der Waals surface area contributed by atoms with Gasteiger partial charge < -0.3 is 10.6 Å². The topological polar surface area (TPSA) is 86.7 Å². The van der Waals surface area contributed by atoms with E-state index in [1.807, 2.05) is 0 Å². The molecule has 0 amide bonds. The molecule has 2 N–H and O–H groups in total. The molecule has 154 valence electrons. The number of aliphatic imine (C=N–C) groups is 1. The van der Waals surface area contributed by atoms with Crippen LogP contribution >= 0.6 is 24.0 Å². The van der Waals surface area contributed by atoms with Crippen molar-refractivity contribution in [3.8, 4) is 0 Å². The van der Waals surface area contributed by atoms with Crippen LogP contribution in [0.4, 0.5) is 17.6 Å². The van der Waals surface area contributed by atoms with Crippen LogP contribution < -0.4 is 10.6 Å². The summed E-state index contributed by atoms with van der Waals surface area (Å²) < 4.78 is 74.4. The number of nitrogens with one attached hydrogen (secondary N) is 2. The first-order valence-corrected chi connectivity index (χ1v) is 9.22. The third kappa shape index (κ3) is 6.14. The van der Waals surface area contributed by atoms with E-state index in [1.165, 1.54) is 25.4 Å². The van der Waals surface area contributed by atoms with E-state index >= 15 is 0 Å². The molecule has 0 unspecified atom stereocenters. The second-order valence-electron chi connectivity index (χ2n) is 5.63. The summed E-state index contributed by atoms with van der Waals surface area (Å²) in [7, 11) is -3.80. The van der Waals surface area contributed by atoms with Crippen molar-refractivity contribution in [1.29, 1.82) is 0 Å². The van der Waals surface area contributed by atoms with Gasteiger partial charge in [-0.25, -0.2) is 12.8 Å². The fraction of sp³-hybridized carbons (Fsp3) is 0.571. The van der Waals surface area contributed by atoms with Crippen LogP contribution in [0.1, 0.15) is 18.5 Å². The second kappa shape index (κ2) is 9.82. The summed E-state index contributed by atoms with van der Waals surface area (Å²) in [6.07, 6.45) is 1.83. The van der Waals surface area contributed by atoms with Gasteiger partial charge in [0.2, 0.25) is 0 Å². The van der Waals surface area contributed by atoms with Gasteiger partial charge in [0.05, 0.1) is 12.2 Å². The van der Waals surface area contributed by atoms with Gasteiger partial charge in [0.25, 0.3) is 0 Å². The highest BCUT2D eigenvalue weighted by molar-refractivity contribution is 14.0. The van der Waals surface area contributed by atoms with Crippen LogP contribution in [0.2, 0.25) is 0 Å². The van der Waals surface area contributed by atoms with Gasteiger partial charge in [-0.1, -0.05) is 0 Å². The monoisotopic (exact) mass is 525 g/mol. The van der Waals surface area contributed by atoms with E-state index < -0.39 is 21.3 Å². The molecule has 0 radical (unpaired) electrons. The summed E-state index contributed by atoms with van der Waals surface area (Å²) in [5, 5.41) is 5.86. The maximum absolute atomic E-state index is 13.5. The van der Waals surface area contributed by atoms with Crippen molar-refractivity contribution < 1.29 is 26.0 Å². The SMILES string of the molecule is CN=C(NCc1ncccc1F)NC1CCN(S(=O)(=O)C(F)(F)F)CC1.I. The fourth-order valence-electron chi connectivity index (χ4n) is 2.49. The molecule has 0 saturated carbocycles. The van der Waals surface area contributed by atoms with Gasteiger partial charge in [0.15, 0.2) is 5.96 Å². The molecule has 1 aromatic rings. The van der Waals surface area contributed by atoms with Crippen molar-refractivity contribution in [1.82, 2.24) is 19.9 Å². The highest BCUT2D eigenvalue weighted by Crippen LogP contribution is 2.28. The minimum atomic E-state index is -5.30. The van der Waals surface area contributed by atoms with E-state index in [1.54, 1.807) is 0 Å². The van der Waals surface area contributed by atoms with E-state index in [0.717, 1.165) is 0 Å². The molecule has 1 fully saturated rings. The Morgan fingerprint density at radius 2 is 2.00 bits per heavy atom. The molecule has 1 aliphatic rings. The number of guanidine groups is 1.